The SMILES string of the molecule is C=C1COCC(CC(C)(C)C)N1. The van der Waals surface area contributed by atoms with E-state index in [2.05, 4.69) is 32.7 Å². The average molecular weight is 169 g/mol. The lowest BCUT2D eigenvalue weighted by molar-refractivity contribution is 0.0851. The fourth-order valence-corrected chi connectivity index (χ4v) is 1.55. The Balaban J connectivity index is 2.37. The third kappa shape index (κ3) is 3.26. The zero-order valence-electron chi connectivity index (χ0n) is 8.31. The Bertz CT molecular complexity index is 169. The van der Waals surface area contributed by atoms with Crippen molar-refractivity contribution in [2.75, 3.05) is 13.2 Å². The van der Waals surface area contributed by atoms with E-state index in [0.29, 0.717) is 18.1 Å². The summed E-state index contributed by atoms with van der Waals surface area (Å²) >= 11 is 0. The van der Waals surface area contributed by atoms with Crippen LogP contribution in [0, 0.1) is 5.41 Å². The normalized spacial score (nSPS) is 25.2. The minimum absolute atomic E-state index is 0.360. The van der Waals surface area contributed by atoms with Gasteiger partial charge < -0.3 is 10.1 Å². The van der Waals surface area contributed by atoms with E-state index in [1.54, 1.807) is 0 Å². The van der Waals surface area contributed by atoms with Gasteiger partial charge in [-0.3, -0.25) is 0 Å². The Morgan fingerprint density at radius 1 is 1.58 bits per heavy atom. The predicted octanol–water partition coefficient (Wildman–Crippen LogP) is 1.92. The summed E-state index contributed by atoms with van der Waals surface area (Å²) in [6.45, 7) is 12.1. The maximum absolute atomic E-state index is 5.38. The van der Waals surface area contributed by atoms with E-state index < -0.39 is 0 Å². The van der Waals surface area contributed by atoms with Crippen molar-refractivity contribution in [3.63, 3.8) is 0 Å². The number of ether oxygens (including phenoxy) is 1. The molecule has 0 spiro atoms. The third-order valence-electron chi connectivity index (χ3n) is 1.86. The first-order valence-corrected chi connectivity index (χ1v) is 4.49. The molecule has 1 fully saturated rings. The molecule has 1 saturated heterocycles. The molecular formula is C10H19NO. The van der Waals surface area contributed by atoms with E-state index >= 15 is 0 Å². The Morgan fingerprint density at radius 3 is 2.75 bits per heavy atom. The van der Waals surface area contributed by atoms with Crippen molar-refractivity contribution in [3.8, 4) is 0 Å². The number of hydrogen-bond donors (Lipinski definition) is 1. The maximum atomic E-state index is 5.38. The van der Waals surface area contributed by atoms with Crippen LogP contribution in [-0.2, 0) is 4.74 Å². The van der Waals surface area contributed by atoms with Gasteiger partial charge in [0.1, 0.15) is 0 Å². The van der Waals surface area contributed by atoms with Crippen molar-refractivity contribution in [2.45, 2.75) is 33.2 Å². The average Bonchev–Trinajstić information content (AvgIpc) is 1.82. The number of rotatable bonds is 1. The van der Waals surface area contributed by atoms with Gasteiger partial charge in [0.25, 0.3) is 0 Å². The first kappa shape index (κ1) is 9.59. The largest absolute Gasteiger partial charge is 0.382 e. The van der Waals surface area contributed by atoms with Gasteiger partial charge in [-0.25, -0.2) is 0 Å². The molecule has 0 bridgehead atoms. The molecule has 1 aliphatic heterocycles. The zero-order chi connectivity index (χ0) is 9.19. The van der Waals surface area contributed by atoms with Crippen LogP contribution in [0.25, 0.3) is 0 Å². The summed E-state index contributed by atoms with van der Waals surface area (Å²) in [5, 5.41) is 3.35. The fourth-order valence-electron chi connectivity index (χ4n) is 1.55. The van der Waals surface area contributed by atoms with E-state index in [1.807, 2.05) is 0 Å². The van der Waals surface area contributed by atoms with Crippen molar-refractivity contribution < 1.29 is 4.74 Å². The molecule has 2 heteroatoms. The summed E-state index contributed by atoms with van der Waals surface area (Å²) in [5.74, 6) is 0. The first-order chi connectivity index (χ1) is 5.47. The van der Waals surface area contributed by atoms with E-state index in [9.17, 15) is 0 Å². The quantitative estimate of drug-likeness (QED) is 0.647. The van der Waals surface area contributed by atoms with Gasteiger partial charge >= 0.3 is 0 Å². The van der Waals surface area contributed by atoms with Gasteiger partial charge in [0.15, 0.2) is 0 Å². The molecule has 0 aliphatic carbocycles. The van der Waals surface area contributed by atoms with Gasteiger partial charge in [0.2, 0.25) is 0 Å². The predicted molar refractivity (Wildman–Crippen MR) is 51.0 cm³/mol. The topological polar surface area (TPSA) is 21.3 Å². The number of morpholine rings is 1. The minimum atomic E-state index is 0.360. The van der Waals surface area contributed by atoms with Crippen LogP contribution in [0.4, 0.5) is 0 Å². The molecule has 0 aromatic carbocycles. The molecule has 70 valence electrons. The van der Waals surface area contributed by atoms with Gasteiger partial charge in [-0.1, -0.05) is 27.4 Å². The summed E-state index contributed by atoms with van der Waals surface area (Å²) in [4.78, 5) is 0. The second-order valence-electron chi connectivity index (χ2n) is 4.72. The molecule has 0 aromatic rings. The molecule has 2 nitrogen and oxygen atoms in total. The minimum Gasteiger partial charge on any atom is -0.382 e. The summed E-state index contributed by atoms with van der Waals surface area (Å²) in [7, 11) is 0. The van der Waals surface area contributed by atoms with E-state index in [-0.39, 0.29) is 0 Å². The number of hydrogen-bond acceptors (Lipinski definition) is 2. The van der Waals surface area contributed by atoms with Crippen LogP contribution in [0.2, 0.25) is 0 Å². The molecule has 0 aromatic heterocycles. The molecule has 1 atom stereocenters. The Labute approximate surface area is 75.0 Å². The monoisotopic (exact) mass is 169 g/mol. The van der Waals surface area contributed by atoms with E-state index in [4.69, 9.17) is 4.74 Å². The van der Waals surface area contributed by atoms with Crippen LogP contribution in [0.3, 0.4) is 0 Å². The van der Waals surface area contributed by atoms with Crippen LogP contribution >= 0.6 is 0 Å². The number of nitrogens with one attached hydrogen (secondary N) is 1. The standard InChI is InChI=1S/C10H19NO/c1-8-6-12-7-9(11-8)5-10(2,3)4/h9,11H,1,5-7H2,2-4H3. The highest BCUT2D eigenvalue weighted by Crippen LogP contribution is 2.22. The summed E-state index contributed by atoms with van der Waals surface area (Å²) in [6.07, 6.45) is 1.13. The van der Waals surface area contributed by atoms with Crippen molar-refractivity contribution >= 4 is 0 Å². The van der Waals surface area contributed by atoms with Gasteiger partial charge in [0.05, 0.1) is 13.2 Å². The molecule has 12 heavy (non-hydrogen) atoms. The van der Waals surface area contributed by atoms with Crippen LogP contribution in [-0.4, -0.2) is 19.3 Å². The molecule has 1 heterocycles. The first-order valence-electron chi connectivity index (χ1n) is 4.49. The molecule has 1 aliphatic rings. The Morgan fingerprint density at radius 2 is 2.25 bits per heavy atom. The van der Waals surface area contributed by atoms with Crippen molar-refractivity contribution in [1.82, 2.24) is 5.32 Å². The van der Waals surface area contributed by atoms with Crippen molar-refractivity contribution in [3.05, 3.63) is 12.3 Å². The van der Waals surface area contributed by atoms with Crippen LogP contribution in [0.15, 0.2) is 12.3 Å². The molecule has 1 unspecified atom stereocenters. The summed E-state index contributed by atoms with van der Waals surface area (Å²) in [6, 6.07) is 0.450. The highest BCUT2D eigenvalue weighted by molar-refractivity contribution is 4.97. The van der Waals surface area contributed by atoms with Gasteiger partial charge in [0, 0.05) is 11.7 Å². The van der Waals surface area contributed by atoms with Crippen LogP contribution < -0.4 is 5.32 Å². The Kier molecular flexibility index (Phi) is 2.78. The lowest BCUT2D eigenvalue weighted by Crippen LogP contribution is -2.41. The second kappa shape index (κ2) is 3.48. The van der Waals surface area contributed by atoms with Crippen LogP contribution in [0.5, 0.6) is 0 Å². The molecular weight excluding hydrogens is 150 g/mol. The highest BCUT2D eigenvalue weighted by Gasteiger charge is 2.21. The summed E-state index contributed by atoms with van der Waals surface area (Å²) < 4.78 is 5.38. The Hall–Kier alpha value is -0.500. The lowest BCUT2D eigenvalue weighted by Gasteiger charge is -2.31. The zero-order valence-corrected chi connectivity index (χ0v) is 8.31. The van der Waals surface area contributed by atoms with Crippen molar-refractivity contribution in [2.24, 2.45) is 5.41 Å². The molecule has 0 saturated carbocycles. The molecule has 1 N–H and O–H groups in total. The van der Waals surface area contributed by atoms with Gasteiger partial charge in [-0.15, -0.1) is 0 Å². The molecule has 1 rings (SSSR count). The smallest absolute Gasteiger partial charge is 0.0857 e. The second-order valence-corrected chi connectivity index (χ2v) is 4.72. The fraction of sp³-hybridized carbons (Fsp3) is 0.800. The molecule has 0 amide bonds. The van der Waals surface area contributed by atoms with E-state index in [1.165, 1.54) is 0 Å². The van der Waals surface area contributed by atoms with Gasteiger partial charge in [-0.2, -0.15) is 0 Å². The molecule has 0 radical (unpaired) electrons. The maximum Gasteiger partial charge on any atom is 0.0857 e. The van der Waals surface area contributed by atoms with E-state index in [0.717, 1.165) is 18.7 Å². The highest BCUT2D eigenvalue weighted by atomic mass is 16.5. The van der Waals surface area contributed by atoms with Gasteiger partial charge in [-0.05, 0) is 11.8 Å². The summed E-state index contributed by atoms with van der Waals surface area (Å²) in [5.41, 5.74) is 1.37. The van der Waals surface area contributed by atoms with Crippen molar-refractivity contribution in [1.29, 1.82) is 0 Å². The third-order valence-corrected chi connectivity index (χ3v) is 1.86. The lowest BCUT2D eigenvalue weighted by atomic mass is 9.88. The van der Waals surface area contributed by atoms with Crippen LogP contribution in [0.1, 0.15) is 27.2 Å².